The molecule has 0 aliphatic carbocycles. The van der Waals surface area contributed by atoms with Gasteiger partial charge in [-0.15, -0.1) is 11.8 Å². The average Bonchev–Trinajstić information content (AvgIpc) is 2.14. The number of thioether (sulfide) groups is 1. The maximum absolute atomic E-state index is 5.24. The summed E-state index contributed by atoms with van der Waals surface area (Å²) in [6.45, 7) is 3.99. The molecule has 0 unspecified atom stereocenters. The van der Waals surface area contributed by atoms with E-state index in [2.05, 4.69) is 37.4 Å². The zero-order valence-corrected chi connectivity index (χ0v) is 8.86. The number of rotatable bonds is 2. The second-order valence-corrected chi connectivity index (χ2v) is 4.66. The van der Waals surface area contributed by atoms with Crippen LogP contribution in [-0.2, 0) is 10.2 Å². The highest BCUT2D eigenvalue weighted by Gasteiger charge is 2.34. The second kappa shape index (κ2) is 3.35. The molecule has 0 bridgehead atoms. The first-order chi connectivity index (χ1) is 6.24. The summed E-state index contributed by atoms with van der Waals surface area (Å²) in [6, 6.07) is 8.80. The minimum atomic E-state index is 0.275. The minimum Gasteiger partial charge on any atom is -0.379 e. The highest BCUT2D eigenvalue weighted by molar-refractivity contribution is 7.98. The van der Waals surface area contributed by atoms with E-state index in [9.17, 15) is 0 Å². The largest absolute Gasteiger partial charge is 0.379 e. The van der Waals surface area contributed by atoms with Crippen molar-refractivity contribution in [2.45, 2.75) is 17.2 Å². The van der Waals surface area contributed by atoms with Crippen LogP contribution in [0.5, 0.6) is 0 Å². The van der Waals surface area contributed by atoms with Crippen LogP contribution >= 0.6 is 11.8 Å². The third kappa shape index (κ3) is 1.61. The van der Waals surface area contributed by atoms with E-state index in [0.29, 0.717) is 0 Å². The summed E-state index contributed by atoms with van der Waals surface area (Å²) in [6.07, 6.45) is 2.10. The van der Waals surface area contributed by atoms with Crippen LogP contribution < -0.4 is 0 Å². The summed E-state index contributed by atoms with van der Waals surface area (Å²) in [5, 5.41) is 0. The van der Waals surface area contributed by atoms with E-state index in [4.69, 9.17) is 4.74 Å². The molecule has 1 saturated heterocycles. The molecule has 2 rings (SSSR count). The van der Waals surface area contributed by atoms with Gasteiger partial charge in [-0.3, -0.25) is 0 Å². The van der Waals surface area contributed by atoms with E-state index in [-0.39, 0.29) is 5.41 Å². The lowest BCUT2D eigenvalue weighted by molar-refractivity contribution is -0.0500. The van der Waals surface area contributed by atoms with Gasteiger partial charge in [0.1, 0.15) is 0 Å². The van der Waals surface area contributed by atoms with Gasteiger partial charge in [0.2, 0.25) is 0 Å². The van der Waals surface area contributed by atoms with Gasteiger partial charge in [0.25, 0.3) is 0 Å². The van der Waals surface area contributed by atoms with E-state index in [1.54, 1.807) is 11.8 Å². The highest BCUT2D eigenvalue weighted by Crippen LogP contribution is 2.32. The van der Waals surface area contributed by atoms with Crippen molar-refractivity contribution in [2.75, 3.05) is 19.5 Å². The Hall–Kier alpha value is -0.470. The molecule has 1 aromatic rings. The standard InChI is InChI=1S/C11H14OS/c1-11(7-12-8-11)9-3-5-10(13-2)6-4-9/h3-6H,7-8H2,1-2H3. The molecule has 1 aliphatic heterocycles. The first kappa shape index (κ1) is 9.10. The molecule has 1 heterocycles. The Kier molecular flexibility index (Phi) is 2.35. The van der Waals surface area contributed by atoms with Crippen molar-refractivity contribution < 1.29 is 4.74 Å². The van der Waals surface area contributed by atoms with Gasteiger partial charge in [-0.2, -0.15) is 0 Å². The summed E-state index contributed by atoms with van der Waals surface area (Å²) >= 11 is 1.78. The van der Waals surface area contributed by atoms with Crippen molar-refractivity contribution in [1.29, 1.82) is 0 Å². The van der Waals surface area contributed by atoms with Crippen LogP contribution in [0.1, 0.15) is 12.5 Å². The zero-order chi connectivity index (χ0) is 9.31. The summed E-state index contributed by atoms with van der Waals surface area (Å²) in [5.74, 6) is 0. The first-order valence-corrected chi connectivity index (χ1v) is 5.69. The van der Waals surface area contributed by atoms with Gasteiger partial charge in [-0.05, 0) is 24.0 Å². The Bertz CT molecular complexity index is 287. The number of hydrogen-bond acceptors (Lipinski definition) is 2. The molecule has 0 amide bonds. The van der Waals surface area contributed by atoms with Crippen LogP contribution in [0, 0.1) is 0 Å². The van der Waals surface area contributed by atoms with E-state index in [1.165, 1.54) is 10.5 Å². The van der Waals surface area contributed by atoms with Gasteiger partial charge in [0.05, 0.1) is 13.2 Å². The van der Waals surface area contributed by atoms with Gasteiger partial charge in [-0.1, -0.05) is 19.1 Å². The Labute approximate surface area is 83.5 Å². The molecule has 0 saturated carbocycles. The van der Waals surface area contributed by atoms with Gasteiger partial charge in [-0.25, -0.2) is 0 Å². The molecular weight excluding hydrogens is 180 g/mol. The molecule has 1 aromatic carbocycles. The maximum Gasteiger partial charge on any atom is 0.0582 e. The van der Waals surface area contributed by atoms with Gasteiger partial charge < -0.3 is 4.74 Å². The fourth-order valence-corrected chi connectivity index (χ4v) is 1.98. The van der Waals surface area contributed by atoms with E-state index < -0.39 is 0 Å². The third-order valence-electron chi connectivity index (χ3n) is 2.63. The second-order valence-electron chi connectivity index (χ2n) is 3.78. The molecule has 2 heteroatoms. The van der Waals surface area contributed by atoms with Crippen LogP contribution in [0.3, 0.4) is 0 Å². The molecule has 1 fully saturated rings. The predicted molar refractivity (Wildman–Crippen MR) is 56.4 cm³/mol. The molecular formula is C11H14OS. The lowest BCUT2D eigenvalue weighted by Gasteiger charge is -2.38. The molecule has 0 N–H and O–H groups in total. The number of hydrogen-bond donors (Lipinski definition) is 0. The molecule has 0 atom stereocenters. The van der Waals surface area contributed by atoms with Crippen molar-refractivity contribution in [3.63, 3.8) is 0 Å². The Morgan fingerprint density at radius 3 is 2.23 bits per heavy atom. The van der Waals surface area contributed by atoms with Gasteiger partial charge in [0, 0.05) is 10.3 Å². The van der Waals surface area contributed by atoms with Crippen LogP contribution in [0.15, 0.2) is 29.2 Å². The molecule has 1 aliphatic rings. The third-order valence-corrected chi connectivity index (χ3v) is 3.37. The van der Waals surface area contributed by atoms with E-state index >= 15 is 0 Å². The minimum absolute atomic E-state index is 0.275. The molecule has 0 radical (unpaired) electrons. The Balaban J connectivity index is 2.22. The zero-order valence-electron chi connectivity index (χ0n) is 8.04. The normalized spacial score (nSPS) is 19.5. The SMILES string of the molecule is CSc1ccc(C2(C)COC2)cc1. The summed E-state index contributed by atoms with van der Waals surface area (Å²) in [5.41, 5.74) is 1.67. The maximum atomic E-state index is 5.24. The average molecular weight is 194 g/mol. The van der Waals surface area contributed by atoms with Crippen molar-refractivity contribution in [2.24, 2.45) is 0 Å². The van der Waals surface area contributed by atoms with Gasteiger partial charge in [0.15, 0.2) is 0 Å². The highest BCUT2D eigenvalue weighted by atomic mass is 32.2. The van der Waals surface area contributed by atoms with Crippen LogP contribution in [-0.4, -0.2) is 19.5 Å². The predicted octanol–water partition coefficient (Wildman–Crippen LogP) is 2.70. The first-order valence-electron chi connectivity index (χ1n) is 4.47. The van der Waals surface area contributed by atoms with Crippen LogP contribution in [0.2, 0.25) is 0 Å². The summed E-state index contributed by atoms with van der Waals surface area (Å²) in [4.78, 5) is 1.33. The van der Waals surface area contributed by atoms with Crippen molar-refractivity contribution >= 4 is 11.8 Å². The molecule has 0 aromatic heterocycles. The molecule has 1 nitrogen and oxygen atoms in total. The van der Waals surface area contributed by atoms with Crippen molar-refractivity contribution in [3.8, 4) is 0 Å². The molecule has 70 valence electrons. The Morgan fingerprint density at radius 1 is 1.23 bits per heavy atom. The monoisotopic (exact) mass is 194 g/mol. The Morgan fingerprint density at radius 2 is 1.85 bits per heavy atom. The quantitative estimate of drug-likeness (QED) is 0.669. The molecule has 0 spiro atoms. The number of benzene rings is 1. The fraction of sp³-hybridized carbons (Fsp3) is 0.455. The van der Waals surface area contributed by atoms with Crippen LogP contribution in [0.25, 0.3) is 0 Å². The fourth-order valence-electron chi connectivity index (χ4n) is 1.57. The smallest absolute Gasteiger partial charge is 0.0582 e. The number of ether oxygens (including phenoxy) is 1. The lowest BCUT2D eigenvalue weighted by Crippen LogP contribution is -2.43. The van der Waals surface area contributed by atoms with Gasteiger partial charge >= 0.3 is 0 Å². The topological polar surface area (TPSA) is 9.23 Å². The van der Waals surface area contributed by atoms with E-state index in [0.717, 1.165) is 13.2 Å². The summed E-state index contributed by atoms with van der Waals surface area (Å²) < 4.78 is 5.24. The summed E-state index contributed by atoms with van der Waals surface area (Å²) in [7, 11) is 0. The van der Waals surface area contributed by atoms with E-state index in [1.807, 2.05) is 0 Å². The van der Waals surface area contributed by atoms with Crippen molar-refractivity contribution in [1.82, 2.24) is 0 Å². The molecule has 13 heavy (non-hydrogen) atoms. The van der Waals surface area contributed by atoms with Crippen molar-refractivity contribution in [3.05, 3.63) is 29.8 Å². The lowest BCUT2D eigenvalue weighted by atomic mass is 9.81. The van der Waals surface area contributed by atoms with Crippen LogP contribution in [0.4, 0.5) is 0 Å².